The maximum atomic E-state index is 13.0. The van der Waals surface area contributed by atoms with Crippen LogP contribution in [0.2, 0.25) is 0 Å². The Kier molecular flexibility index (Phi) is 16.0. The van der Waals surface area contributed by atoms with Crippen LogP contribution in [0.4, 0.5) is 8.78 Å². The summed E-state index contributed by atoms with van der Waals surface area (Å²) >= 11 is 0. The molecule has 0 aliphatic carbocycles. The number of rotatable bonds is 7. The van der Waals surface area contributed by atoms with E-state index in [2.05, 4.69) is 50.3 Å². The summed E-state index contributed by atoms with van der Waals surface area (Å²) in [6, 6.07) is 8.41. The molecule has 1 aromatic rings. The van der Waals surface area contributed by atoms with E-state index in [0.717, 1.165) is 12.8 Å². The largest absolute Gasteiger partial charge is 0.250 e. The first-order valence-corrected chi connectivity index (χ1v) is 9.48. The highest BCUT2D eigenvalue weighted by Crippen LogP contribution is 2.32. The van der Waals surface area contributed by atoms with E-state index >= 15 is 0 Å². The lowest BCUT2D eigenvalue weighted by Gasteiger charge is -2.22. The fraction of sp³-hybridized carbons (Fsp3) is 0.636. The standard InChI is InChI=1S/C11H14.C9H18F2.C2H6/c1-3-4-8-11-9-6-5-7-10(11)2;1-4-6-8(3)9(10,11)7-5-2;1-2/h4-9H,3H2,1-2H3;8H,4-7H2,1-3H3;1-2H3/b8-4-;;. The molecule has 0 nitrogen and oxygen atoms in total. The van der Waals surface area contributed by atoms with E-state index in [0.29, 0.717) is 12.8 Å². The normalized spacial score (nSPS) is 12.0. The van der Waals surface area contributed by atoms with Crippen molar-refractivity contribution in [1.29, 1.82) is 0 Å². The third kappa shape index (κ3) is 11.4. The minimum Gasteiger partial charge on any atom is -0.207 e. The number of hydrogen-bond donors (Lipinski definition) is 0. The Morgan fingerprint density at radius 2 is 1.62 bits per heavy atom. The Labute approximate surface area is 149 Å². The molecule has 0 fully saturated rings. The van der Waals surface area contributed by atoms with Gasteiger partial charge in [0.1, 0.15) is 0 Å². The van der Waals surface area contributed by atoms with E-state index in [1.54, 1.807) is 13.8 Å². The second-order valence-electron chi connectivity index (χ2n) is 5.87. The van der Waals surface area contributed by atoms with Gasteiger partial charge in [-0.1, -0.05) is 90.8 Å². The summed E-state index contributed by atoms with van der Waals surface area (Å²) in [4.78, 5) is 0. The van der Waals surface area contributed by atoms with E-state index in [1.165, 1.54) is 11.1 Å². The van der Waals surface area contributed by atoms with Crippen molar-refractivity contribution in [1.82, 2.24) is 0 Å². The molecule has 0 saturated heterocycles. The minimum atomic E-state index is -2.44. The smallest absolute Gasteiger partial charge is 0.207 e. The summed E-state index contributed by atoms with van der Waals surface area (Å²) < 4.78 is 26.0. The van der Waals surface area contributed by atoms with Gasteiger partial charge in [0.2, 0.25) is 0 Å². The number of halogens is 2. The van der Waals surface area contributed by atoms with Crippen molar-refractivity contribution in [2.75, 3.05) is 0 Å². The Morgan fingerprint density at radius 1 is 1.04 bits per heavy atom. The third-order valence-corrected chi connectivity index (χ3v) is 3.75. The molecule has 1 aromatic carbocycles. The lowest BCUT2D eigenvalue weighted by Crippen LogP contribution is -2.25. The minimum absolute atomic E-state index is 0.0359. The summed E-state index contributed by atoms with van der Waals surface area (Å²) in [5, 5.41) is 0. The number of benzene rings is 1. The lowest BCUT2D eigenvalue weighted by molar-refractivity contribution is -0.0620. The molecule has 1 rings (SSSR count). The number of aryl methyl sites for hydroxylation is 1. The van der Waals surface area contributed by atoms with Crippen molar-refractivity contribution >= 4 is 6.08 Å². The van der Waals surface area contributed by atoms with Gasteiger partial charge in [-0.3, -0.25) is 0 Å². The van der Waals surface area contributed by atoms with Crippen LogP contribution in [0.3, 0.4) is 0 Å². The van der Waals surface area contributed by atoms with Crippen LogP contribution in [0.15, 0.2) is 30.3 Å². The van der Waals surface area contributed by atoms with Crippen LogP contribution in [-0.2, 0) is 0 Å². The van der Waals surface area contributed by atoms with Crippen molar-refractivity contribution in [2.24, 2.45) is 5.92 Å². The van der Waals surface area contributed by atoms with Gasteiger partial charge in [-0.2, -0.15) is 0 Å². The molecule has 0 aromatic heterocycles. The molecule has 0 bridgehead atoms. The van der Waals surface area contributed by atoms with Crippen LogP contribution in [0.5, 0.6) is 0 Å². The van der Waals surface area contributed by atoms with E-state index in [4.69, 9.17) is 0 Å². The van der Waals surface area contributed by atoms with Crippen LogP contribution < -0.4 is 0 Å². The van der Waals surface area contributed by atoms with Crippen molar-refractivity contribution in [3.05, 3.63) is 41.5 Å². The monoisotopic (exact) mass is 340 g/mol. The van der Waals surface area contributed by atoms with Crippen molar-refractivity contribution in [3.8, 4) is 0 Å². The molecule has 0 aliphatic heterocycles. The molecule has 0 aliphatic rings. The highest BCUT2D eigenvalue weighted by Gasteiger charge is 2.33. The van der Waals surface area contributed by atoms with Crippen LogP contribution in [0.1, 0.15) is 84.8 Å². The van der Waals surface area contributed by atoms with E-state index in [9.17, 15) is 8.78 Å². The average Bonchev–Trinajstić information content (AvgIpc) is 2.57. The van der Waals surface area contributed by atoms with Gasteiger partial charge < -0.3 is 0 Å². The van der Waals surface area contributed by atoms with E-state index < -0.39 is 11.8 Å². The summed E-state index contributed by atoms with van der Waals surface area (Å²) in [6.45, 7) is 13.7. The maximum Gasteiger partial charge on any atom is 0.250 e. The number of hydrogen-bond acceptors (Lipinski definition) is 0. The van der Waals surface area contributed by atoms with E-state index in [-0.39, 0.29) is 6.42 Å². The van der Waals surface area contributed by atoms with Gasteiger partial charge in [-0.15, -0.1) is 0 Å². The Bertz CT molecular complexity index is 422. The van der Waals surface area contributed by atoms with Crippen molar-refractivity contribution < 1.29 is 8.78 Å². The molecule has 0 amide bonds. The summed E-state index contributed by atoms with van der Waals surface area (Å²) in [7, 11) is 0. The van der Waals surface area contributed by atoms with Crippen molar-refractivity contribution in [3.63, 3.8) is 0 Å². The molecule has 2 heteroatoms. The Balaban J connectivity index is 0. The SMILES string of the molecule is CC.CC/C=C\c1ccccc1C.CCCC(C)C(F)(F)CCC. The molecular weight excluding hydrogens is 302 g/mol. The highest BCUT2D eigenvalue weighted by molar-refractivity contribution is 5.52. The lowest BCUT2D eigenvalue weighted by atomic mass is 9.95. The van der Waals surface area contributed by atoms with Gasteiger partial charge >= 0.3 is 0 Å². The molecule has 0 N–H and O–H groups in total. The second kappa shape index (κ2) is 15.4. The summed E-state index contributed by atoms with van der Waals surface area (Å²) in [6.07, 6.45) is 7.55. The van der Waals surface area contributed by atoms with Crippen LogP contribution >= 0.6 is 0 Å². The summed E-state index contributed by atoms with van der Waals surface area (Å²) in [5.41, 5.74) is 2.67. The zero-order valence-electron chi connectivity index (χ0n) is 16.8. The fourth-order valence-corrected chi connectivity index (χ4v) is 2.24. The van der Waals surface area contributed by atoms with Crippen LogP contribution in [0, 0.1) is 12.8 Å². The van der Waals surface area contributed by atoms with Crippen LogP contribution in [0.25, 0.3) is 6.08 Å². The Morgan fingerprint density at radius 3 is 2.08 bits per heavy atom. The molecule has 24 heavy (non-hydrogen) atoms. The molecule has 0 saturated carbocycles. The predicted molar refractivity (Wildman–Crippen MR) is 106 cm³/mol. The number of allylic oxidation sites excluding steroid dienone is 1. The van der Waals surface area contributed by atoms with Gasteiger partial charge in [0.25, 0.3) is 5.92 Å². The average molecular weight is 341 g/mol. The topological polar surface area (TPSA) is 0 Å². The van der Waals surface area contributed by atoms with Gasteiger partial charge in [-0.05, 0) is 30.9 Å². The van der Waals surface area contributed by atoms with Gasteiger partial charge in [0.15, 0.2) is 0 Å². The zero-order chi connectivity index (χ0) is 19.0. The van der Waals surface area contributed by atoms with Crippen molar-refractivity contribution in [2.45, 2.75) is 86.5 Å². The molecule has 0 spiro atoms. The molecular formula is C22H38F2. The van der Waals surface area contributed by atoms with Gasteiger partial charge in [-0.25, -0.2) is 8.78 Å². The first kappa shape index (κ1) is 25.1. The maximum absolute atomic E-state index is 13.0. The highest BCUT2D eigenvalue weighted by atomic mass is 19.3. The first-order chi connectivity index (χ1) is 11.4. The zero-order valence-corrected chi connectivity index (χ0v) is 16.8. The first-order valence-electron chi connectivity index (χ1n) is 9.48. The molecule has 0 heterocycles. The van der Waals surface area contributed by atoms with Crippen LogP contribution in [-0.4, -0.2) is 5.92 Å². The third-order valence-electron chi connectivity index (χ3n) is 3.75. The fourth-order valence-electron chi connectivity index (χ4n) is 2.24. The predicted octanol–water partition coefficient (Wildman–Crippen LogP) is 8.30. The van der Waals surface area contributed by atoms with Gasteiger partial charge in [0.05, 0.1) is 0 Å². The van der Waals surface area contributed by atoms with E-state index in [1.807, 2.05) is 20.8 Å². The Hall–Kier alpha value is -1.18. The van der Waals surface area contributed by atoms with Gasteiger partial charge in [0, 0.05) is 12.3 Å². The molecule has 1 unspecified atom stereocenters. The second-order valence-corrected chi connectivity index (χ2v) is 5.87. The summed E-state index contributed by atoms with van der Waals surface area (Å²) in [5.74, 6) is -2.89. The quantitative estimate of drug-likeness (QED) is 0.468. The molecule has 0 radical (unpaired) electrons. The number of alkyl halides is 2. The molecule has 1 atom stereocenters. The molecule has 140 valence electrons.